The van der Waals surface area contributed by atoms with Gasteiger partial charge in [0, 0.05) is 20.8 Å². The lowest BCUT2D eigenvalue weighted by Gasteiger charge is -2.41. The first kappa shape index (κ1) is 17.3. The minimum Gasteiger partial charge on any atom is -0.463 e. The Morgan fingerprint density at radius 3 is 2.05 bits per heavy atom. The van der Waals surface area contributed by atoms with Crippen molar-refractivity contribution in [2.45, 2.75) is 51.4 Å². The summed E-state index contributed by atoms with van der Waals surface area (Å²) >= 11 is 0. The molecule has 1 aliphatic heterocycles. The standard InChI is InChI=1S/C12H19NO8/c1-5(14)18-4-8-10(19-6(2)15)11(20-7(3)16)9(13)12(17)21-8/h8-12,17H,4,13H2,1-3H3/t8?,9?,10-,11?,12?/m0/s1. The van der Waals surface area contributed by atoms with Crippen molar-refractivity contribution < 1.29 is 38.4 Å². The van der Waals surface area contributed by atoms with Gasteiger partial charge in [-0.1, -0.05) is 0 Å². The molecule has 0 aromatic rings. The van der Waals surface area contributed by atoms with Crippen LogP contribution in [0.5, 0.6) is 0 Å². The van der Waals surface area contributed by atoms with Gasteiger partial charge in [0.05, 0.1) is 6.04 Å². The summed E-state index contributed by atoms with van der Waals surface area (Å²) in [6.07, 6.45) is -4.67. The van der Waals surface area contributed by atoms with Crippen LogP contribution in [0.2, 0.25) is 0 Å². The molecule has 3 N–H and O–H groups in total. The molecule has 0 bridgehead atoms. The second-order valence-corrected chi connectivity index (χ2v) is 4.59. The monoisotopic (exact) mass is 305 g/mol. The van der Waals surface area contributed by atoms with E-state index in [4.69, 9.17) is 24.7 Å². The molecular formula is C12H19NO8. The first-order valence-electron chi connectivity index (χ1n) is 6.29. The zero-order valence-corrected chi connectivity index (χ0v) is 12.0. The highest BCUT2D eigenvalue weighted by molar-refractivity contribution is 5.67. The van der Waals surface area contributed by atoms with Gasteiger partial charge >= 0.3 is 17.9 Å². The lowest BCUT2D eigenvalue weighted by Crippen LogP contribution is -2.64. The second kappa shape index (κ2) is 7.34. The van der Waals surface area contributed by atoms with Crippen molar-refractivity contribution in [3.8, 4) is 0 Å². The maximum atomic E-state index is 11.2. The third-order valence-electron chi connectivity index (χ3n) is 2.77. The van der Waals surface area contributed by atoms with Crippen molar-refractivity contribution >= 4 is 17.9 Å². The van der Waals surface area contributed by atoms with E-state index >= 15 is 0 Å². The molecule has 0 saturated carbocycles. The third kappa shape index (κ3) is 4.96. The molecule has 1 aliphatic rings. The zero-order valence-electron chi connectivity index (χ0n) is 12.0. The van der Waals surface area contributed by atoms with Gasteiger partial charge in [-0.05, 0) is 0 Å². The van der Waals surface area contributed by atoms with Crippen molar-refractivity contribution in [2.24, 2.45) is 5.73 Å². The lowest BCUT2D eigenvalue weighted by molar-refractivity contribution is -0.260. The number of carbonyl (C=O) groups is 3. The highest BCUT2D eigenvalue weighted by atomic mass is 16.7. The van der Waals surface area contributed by atoms with Crippen LogP contribution in [0.1, 0.15) is 20.8 Å². The van der Waals surface area contributed by atoms with Gasteiger partial charge in [-0.2, -0.15) is 0 Å². The molecular weight excluding hydrogens is 286 g/mol. The van der Waals surface area contributed by atoms with Gasteiger partial charge in [0.2, 0.25) is 0 Å². The van der Waals surface area contributed by atoms with Gasteiger partial charge in [0.25, 0.3) is 0 Å². The van der Waals surface area contributed by atoms with Gasteiger partial charge in [0.1, 0.15) is 12.7 Å². The van der Waals surface area contributed by atoms with Gasteiger partial charge in [-0.3, -0.25) is 14.4 Å². The maximum Gasteiger partial charge on any atom is 0.303 e. The van der Waals surface area contributed by atoms with E-state index in [1.807, 2.05) is 0 Å². The minimum absolute atomic E-state index is 0.283. The van der Waals surface area contributed by atoms with Crippen LogP contribution in [-0.4, -0.2) is 60.3 Å². The molecule has 0 amide bonds. The van der Waals surface area contributed by atoms with Gasteiger partial charge in [-0.15, -0.1) is 0 Å². The van der Waals surface area contributed by atoms with E-state index in [-0.39, 0.29) is 6.61 Å². The quantitative estimate of drug-likeness (QED) is 0.468. The largest absolute Gasteiger partial charge is 0.463 e. The predicted molar refractivity (Wildman–Crippen MR) is 66.6 cm³/mol. The van der Waals surface area contributed by atoms with Crippen molar-refractivity contribution in [3.63, 3.8) is 0 Å². The first-order valence-corrected chi connectivity index (χ1v) is 6.29. The van der Waals surface area contributed by atoms with E-state index in [1.54, 1.807) is 0 Å². The molecule has 1 rings (SSSR count). The SMILES string of the molecule is CC(=O)OCC1OC(O)C(N)C(OC(C)=O)[C@H]1OC(C)=O. The molecule has 120 valence electrons. The molecule has 0 aliphatic carbocycles. The maximum absolute atomic E-state index is 11.2. The van der Waals surface area contributed by atoms with Crippen molar-refractivity contribution in [2.75, 3.05) is 6.61 Å². The zero-order chi connectivity index (χ0) is 16.2. The smallest absolute Gasteiger partial charge is 0.303 e. The Hall–Kier alpha value is -1.71. The van der Waals surface area contributed by atoms with Crippen molar-refractivity contribution in [1.29, 1.82) is 0 Å². The Bertz CT molecular complexity index is 412. The van der Waals surface area contributed by atoms with Crippen LogP contribution < -0.4 is 5.73 Å². The average molecular weight is 305 g/mol. The lowest BCUT2D eigenvalue weighted by atomic mass is 9.97. The Labute approximate surface area is 121 Å². The minimum atomic E-state index is -1.46. The fraction of sp³-hybridized carbons (Fsp3) is 0.750. The highest BCUT2D eigenvalue weighted by Gasteiger charge is 2.48. The topological polar surface area (TPSA) is 134 Å². The highest BCUT2D eigenvalue weighted by Crippen LogP contribution is 2.24. The fourth-order valence-corrected chi connectivity index (χ4v) is 1.95. The molecule has 1 fully saturated rings. The molecule has 0 radical (unpaired) electrons. The summed E-state index contributed by atoms with van der Waals surface area (Å²) in [6, 6.07) is -1.10. The molecule has 21 heavy (non-hydrogen) atoms. The molecule has 5 atom stereocenters. The Morgan fingerprint density at radius 1 is 1.05 bits per heavy atom. The second-order valence-electron chi connectivity index (χ2n) is 4.59. The number of aliphatic hydroxyl groups is 1. The van der Waals surface area contributed by atoms with E-state index < -0.39 is 48.6 Å². The number of hydrogen-bond acceptors (Lipinski definition) is 9. The summed E-state index contributed by atoms with van der Waals surface area (Å²) in [6.45, 7) is 3.22. The van der Waals surface area contributed by atoms with Crippen LogP contribution >= 0.6 is 0 Å². The van der Waals surface area contributed by atoms with Crippen LogP contribution in [0.25, 0.3) is 0 Å². The van der Waals surface area contributed by atoms with E-state index in [0.717, 1.165) is 13.8 Å². The molecule has 1 saturated heterocycles. The molecule has 0 spiro atoms. The van der Waals surface area contributed by atoms with Crippen LogP contribution in [0.4, 0.5) is 0 Å². The van der Waals surface area contributed by atoms with Crippen molar-refractivity contribution in [3.05, 3.63) is 0 Å². The summed E-state index contributed by atoms with van der Waals surface area (Å²) in [5.74, 6) is -1.89. The molecule has 0 aromatic heterocycles. The fourth-order valence-electron chi connectivity index (χ4n) is 1.95. The van der Waals surface area contributed by atoms with Crippen LogP contribution in [-0.2, 0) is 33.3 Å². The number of hydrogen-bond donors (Lipinski definition) is 2. The van der Waals surface area contributed by atoms with E-state index in [2.05, 4.69) is 0 Å². The normalized spacial score (nSPS) is 32.1. The van der Waals surface area contributed by atoms with E-state index in [1.165, 1.54) is 6.92 Å². The number of ether oxygens (including phenoxy) is 4. The van der Waals surface area contributed by atoms with E-state index in [0.29, 0.717) is 0 Å². The van der Waals surface area contributed by atoms with Gasteiger partial charge < -0.3 is 29.8 Å². The summed E-state index contributed by atoms with van der Waals surface area (Å²) in [7, 11) is 0. The predicted octanol–water partition coefficient (Wildman–Crippen LogP) is -1.54. The Balaban J connectivity index is 2.94. The van der Waals surface area contributed by atoms with Crippen LogP contribution in [0.15, 0.2) is 0 Å². The number of nitrogens with two attached hydrogens (primary N) is 1. The van der Waals surface area contributed by atoms with Crippen LogP contribution in [0.3, 0.4) is 0 Å². The Morgan fingerprint density at radius 2 is 1.57 bits per heavy atom. The summed E-state index contributed by atoms with van der Waals surface area (Å²) < 4.78 is 20.0. The number of esters is 3. The van der Waals surface area contributed by atoms with Gasteiger partial charge in [0.15, 0.2) is 18.5 Å². The van der Waals surface area contributed by atoms with Crippen LogP contribution in [0, 0.1) is 0 Å². The summed E-state index contributed by atoms with van der Waals surface area (Å²) in [5.41, 5.74) is 5.70. The molecule has 9 nitrogen and oxygen atoms in total. The first-order chi connectivity index (χ1) is 9.72. The molecule has 4 unspecified atom stereocenters. The summed E-state index contributed by atoms with van der Waals surface area (Å²) in [4.78, 5) is 33.2. The molecule has 0 aromatic carbocycles. The van der Waals surface area contributed by atoms with Crippen molar-refractivity contribution in [1.82, 2.24) is 0 Å². The number of aliphatic hydroxyl groups excluding tert-OH is 1. The van der Waals surface area contributed by atoms with E-state index in [9.17, 15) is 19.5 Å². The Kier molecular flexibility index (Phi) is 6.06. The molecule has 1 heterocycles. The number of carbonyl (C=O) groups excluding carboxylic acids is 3. The number of rotatable bonds is 4. The average Bonchev–Trinajstić information content (AvgIpc) is 2.35. The van der Waals surface area contributed by atoms with Gasteiger partial charge in [-0.25, -0.2) is 0 Å². The summed E-state index contributed by atoms with van der Waals surface area (Å²) in [5, 5.41) is 9.73. The third-order valence-corrected chi connectivity index (χ3v) is 2.77. The molecule has 9 heteroatoms.